The first-order valence-corrected chi connectivity index (χ1v) is 7.25. The Morgan fingerprint density at radius 3 is 2.39 bits per heavy atom. The van der Waals surface area contributed by atoms with Gasteiger partial charge in [0.25, 0.3) is 0 Å². The fourth-order valence-electron chi connectivity index (χ4n) is 2.41. The number of nitrogens with one attached hydrogen (secondary N) is 1. The topological polar surface area (TPSA) is 35.5 Å². The van der Waals surface area contributed by atoms with E-state index < -0.39 is 0 Å². The van der Waals surface area contributed by atoms with E-state index in [-0.39, 0.29) is 6.10 Å². The van der Waals surface area contributed by atoms with Crippen molar-refractivity contribution in [3.05, 3.63) is 0 Å². The van der Waals surface area contributed by atoms with E-state index in [0.717, 1.165) is 37.0 Å². The average molecular weight is 258 g/mol. The Bertz CT molecular complexity index is 238. The van der Waals surface area contributed by atoms with Gasteiger partial charge in [-0.1, -0.05) is 0 Å². The van der Waals surface area contributed by atoms with Crippen molar-refractivity contribution in [3.8, 4) is 0 Å². The van der Waals surface area contributed by atoms with Crippen molar-refractivity contribution in [1.29, 1.82) is 0 Å². The molecule has 0 aromatic rings. The molecular formula is C14H32N3O+. The number of nitrogens with zero attached hydrogens (tertiary/aromatic N) is 2. The molecule has 1 heterocycles. The van der Waals surface area contributed by atoms with Gasteiger partial charge in [-0.05, 0) is 33.2 Å². The highest BCUT2D eigenvalue weighted by Crippen LogP contribution is 2.12. The van der Waals surface area contributed by atoms with E-state index in [0.29, 0.717) is 12.1 Å². The van der Waals surface area contributed by atoms with Crippen molar-refractivity contribution in [3.63, 3.8) is 0 Å². The zero-order valence-corrected chi connectivity index (χ0v) is 12.8. The number of hydrogen-bond donors (Lipinski definition) is 2. The number of quaternary nitrogens is 1. The Morgan fingerprint density at radius 2 is 1.94 bits per heavy atom. The zero-order valence-electron chi connectivity index (χ0n) is 12.8. The third-order valence-corrected chi connectivity index (χ3v) is 3.83. The van der Waals surface area contributed by atoms with E-state index in [2.05, 4.69) is 45.2 Å². The molecular weight excluding hydrogens is 226 g/mol. The van der Waals surface area contributed by atoms with Crippen molar-refractivity contribution in [2.24, 2.45) is 0 Å². The lowest BCUT2D eigenvalue weighted by atomic mass is 10.1. The van der Waals surface area contributed by atoms with E-state index >= 15 is 0 Å². The summed E-state index contributed by atoms with van der Waals surface area (Å²) < 4.78 is 1.01. The zero-order chi connectivity index (χ0) is 13.8. The third kappa shape index (κ3) is 5.65. The van der Waals surface area contributed by atoms with Gasteiger partial charge in [-0.25, -0.2) is 0 Å². The number of aliphatic hydroxyl groups is 1. The van der Waals surface area contributed by atoms with Crippen LogP contribution in [0.1, 0.15) is 26.7 Å². The van der Waals surface area contributed by atoms with Crippen LogP contribution in [0.5, 0.6) is 0 Å². The average Bonchev–Trinajstić information content (AvgIpc) is 2.62. The molecule has 1 saturated heterocycles. The van der Waals surface area contributed by atoms with Gasteiger partial charge in [0.15, 0.2) is 0 Å². The largest absolute Gasteiger partial charge is 0.391 e. The number of aliphatic hydroxyl groups excluding tert-OH is 1. The van der Waals surface area contributed by atoms with Gasteiger partial charge in [0.05, 0.1) is 33.8 Å². The maximum atomic E-state index is 9.82. The van der Waals surface area contributed by atoms with E-state index in [1.165, 1.54) is 6.54 Å². The van der Waals surface area contributed by atoms with Gasteiger partial charge in [-0.2, -0.15) is 0 Å². The second kappa shape index (κ2) is 6.85. The van der Waals surface area contributed by atoms with Crippen LogP contribution in [0.4, 0.5) is 0 Å². The summed E-state index contributed by atoms with van der Waals surface area (Å²) in [6, 6.07) is 0.880. The standard InChI is InChI=1S/C14H32N3O/c1-12(2)16(10-11-17(3,4)5)9-7-13-14(18)6-8-15-13/h12-15,18H,6-11H2,1-5H3/q+1. The highest BCUT2D eigenvalue weighted by molar-refractivity contribution is 4.84. The fourth-order valence-corrected chi connectivity index (χ4v) is 2.41. The number of hydrogen-bond acceptors (Lipinski definition) is 3. The second-order valence-electron chi connectivity index (χ2n) is 6.85. The Hall–Kier alpha value is -0.160. The maximum absolute atomic E-state index is 9.82. The predicted octanol–water partition coefficient (Wildman–Crippen LogP) is 0.516. The molecule has 0 aliphatic carbocycles. The summed E-state index contributed by atoms with van der Waals surface area (Å²) in [5.41, 5.74) is 0. The van der Waals surface area contributed by atoms with Gasteiger partial charge in [0.1, 0.15) is 0 Å². The maximum Gasteiger partial charge on any atom is 0.0909 e. The lowest BCUT2D eigenvalue weighted by molar-refractivity contribution is -0.869. The minimum absolute atomic E-state index is 0.141. The molecule has 108 valence electrons. The van der Waals surface area contributed by atoms with Gasteiger partial charge in [0.2, 0.25) is 0 Å². The molecule has 0 aromatic carbocycles. The summed E-state index contributed by atoms with van der Waals surface area (Å²) in [6.07, 6.45) is 1.82. The highest BCUT2D eigenvalue weighted by Gasteiger charge is 2.25. The van der Waals surface area contributed by atoms with Crippen LogP contribution in [0.2, 0.25) is 0 Å². The van der Waals surface area contributed by atoms with Crippen LogP contribution in [0, 0.1) is 0 Å². The summed E-state index contributed by atoms with van der Waals surface area (Å²) in [7, 11) is 6.71. The molecule has 0 radical (unpaired) electrons. The second-order valence-corrected chi connectivity index (χ2v) is 6.85. The first-order chi connectivity index (χ1) is 8.29. The van der Waals surface area contributed by atoms with Crippen molar-refractivity contribution in [1.82, 2.24) is 10.2 Å². The van der Waals surface area contributed by atoms with Crippen molar-refractivity contribution < 1.29 is 9.59 Å². The van der Waals surface area contributed by atoms with Crippen LogP contribution < -0.4 is 5.32 Å². The molecule has 18 heavy (non-hydrogen) atoms. The van der Waals surface area contributed by atoms with Crippen molar-refractivity contribution in [2.45, 2.75) is 44.9 Å². The first-order valence-electron chi connectivity index (χ1n) is 7.25. The summed E-state index contributed by atoms with van der Waals surface area (Å²) in [4.78, 5) is 2.52. The lowest BCUT2D eigenvalue weighted by Crippen LogP contribution is -2.45. The predicted molar refractivity (Wildman–Crippen MR) is 76.6 cm³/mol. The van der Waals surface area contributed by atoms with Crippen LogP contribution in [0.15, 0.2) is 0 Å². The molecule has 2 N–H and O–H groups in total. The Morgan fingerprint density at radius 1 is 1.28 bits per heavy atom. The first kappa shape index (κ1) is 15.9. The van der Waals surface area contributed by atoms with Gasteiger partial charge in [-0.15, -0.1) is 0 Å². The molecule has 1 rings (SSSR count). The Labute approximate surface area is 113 Å². The molecule has 2 unspecified atom stereocenters. The van der Waals surface area contributed by atoms with Gasteiger partial charge < -0.3 is 14.9 Å². The van der Waals surface area contributed by atoms with Gasteiger partial charge >= 0.3 is 0 Å². The van der Waals surface area contributed by atoms with Crippen molar-refractivity contribution in [2.75, 3.05) is 47.3 Å². The Balaban J connectivity index is 2.33. The van der Waals surface area contributed by atoms with E-state index in [9.17, 15) is 5.11 Å². The van der Waals surface area contributed by atoms with Gasteiger partial charge in [0, 0.05) is 25.2 Å². The van der Waals surface area contributed by atoms with Crippen LogP contribution in [0.25, 0.3) is 0 Å². The molecule has 0 amide bonds. The van der Waals surface area contributed by atoms with Crippen LogP contribution in [-0.4, -0.2) is 80.0 Å². The van der Waals surface area contributed by atoms with E-state index in [1.807, 2.05) is 0 Å². The van der Waals surface area contributed by atoms with Crippen LogP contribution >= 0.6 is 0 Å². The summed E-state index contributed by atoms with van der Waals surface area (Å²) in [6.45, 7) is 8.85. The molecule has 4 nitrogen and oxygen atoms in total. The van der Waals surface area contributed by atoms with Crippen LogP contribution in [0.3, 0.4) is 0 Å². The smallest absolute Gasteiger partial charge is 0.0909 e. The Kier molecular flexibility index (Phi) is 6.05. The monoisotopic (exact) mass is 258 g/mol. The summed E-state index contributed by atoms with van der Waals surface area (Å²) >= 11 is 0. The molecule has 0 bridgehead atoms. The molecule has 4 heteroatoms. The fraction of sp³-hybridized carbons (Fsp3) is 1.00. The molecule has 0 spiro atoms. The van der Waals surface area contributed by atoms with Crippen LogP contribution in [-0.2, 0) is 0 Å². The quantitative estimate of drug-likeness (QED) is 0.654. The van der Waals surface area contributed by atoms with E-state index in [1.54, 1.807) is 0 Å². The SMILES string of the molecule is CC(C)N(CCC1NCCC1O)CC[N+](C)(C)C. The summed E-state index contributed by atoms with van der Waals surface area (Å²) in [5, 5.41) is 13.2. The normalized spacial score (nSPS) is 25.3. The highest BCUT2D eigenvalue weighted by atomic mass is 16.3. The minimum Gasteiger partial charge on any atom is -0.391 e. The molecule has 1 fully saturated rings. The lowest BCUT2D eigenvalue weighted by Gasteiger charge is -2.32. The molecule has 0 aromatic heterocycles. The summed E-state index contributed by atoms with van der Waals surface area (Å²) in [5.74, 6) is 0. The molecule has 1 aliphatic heterocycles. The van der Waals surface area contributed by atoms with E-state index in [4.69, 9.17) is 0 Å². The molecule has 2 atom stereocenters. The number of rotatable bonds is 7. The number of likely N-dealkylation sites (N-methyl/N-ethyl adjacent to an activating group) is 1. The third-order valence-electron chi connectivity index (χ3n) is 3.83. The molecule has 0 saturated carbocycles. The molecule has 1 aliphatic rings. The van der Waals surface area contributed by atoms with Crippen molar-refractivity contribution >= 4 is 0 Å². The minimum atomic E-state index is -0.141. The van der Waals surface area contributed by atoms with Gasteiger partial charge in [-0.3, -0.25) is 4.90 Å².